The number of sulfonamides is 1. The van der Waals surface area contributed by atoms with Gasteiger partial charge in [-0.05, 0) is 32.8 Å². The molecular weight excluding hydrogens is 254 g/mol. The van der Waals surface area contributed by atoms with Gasteiger partial charge in [-0.25, -0.2) is 13.1 Å². The summed E-state index contributed by atoms with van der Waals surface area (Å²) in [6.45, 7) is 5.41. The normalized spacial score (nSPS) is 12.2. The Bertz CT molecular complexity index is 456. The Balaban J connectivity index is 2.41. The van der Waals surface area contributed by atoms with E-state index in [0.717, 1.165) is 19.6 Å². The maximum absolute atomic E-state index is 11.4. The molecule has 0 fully saturated rings. The SMILES string of the molecule is CCN(C)CCNCc1ccc(S(=O)(=O)NC)o1. The topological polar surface area (TPSA) is 74.6 Å². The first-order valence-electron chi connectivity index (χ1n) is 5.91. The third-order valence-electron chi connectivity index (χ3n) is 2.68. The van der Waals surface area contributed by atoms with Crippen LogP contribution >= 0.6 is 0 Å². The highest BCUT2D eigenvalue weighted by Crippen LogP contribution is 2.12. The molecule has 0 aromatic carbocycles. The van der Waals surface area contributed by atoms with E-state index in [-0.39, 0.29) is 5.09 Å². The Kier molecular flexibility index (Phi) is 5.80. The predicted octanol–water partition coefficient (Wildman–Crippen LogP) is 0.229. The van der Waals surface area contributed by atoms with Gasteiger partial charge in [0.15, 0.2) is 0 Å². The third-order valence-corrected chi connectivity index (χ3v) is 3.97. The fraction of sp³-hybridized carbons (Fsp3) is 0.636. The maximum Gasteiger partial charge on any atom is 0.273 e. The lowest BCUT2D eigenvalue weighted by Gasteiger charge is -2.13. The van der Waals surface area contributed by atoms with Crippen molar-refractivity contribution < 1.29 is 12.8 Å². The summed E-state index contributed by atoms with van der Waals surface area (Å²) in [7, 11) is -0.0727. The first-order chi connectivity index (χ1) is 8.49. The zero-order chi connectivity index (χ0) is 13.6. The number of hydrogen-bond acceptors (Lipinski definition) is 5. The molecule has 18 heavy (non-hydrogen) atoms. The average molecular weight is 275 g/mol. The summed E-state index contributed by atoms with van der Waals surface area (Å²) in [5.74, 6) is 0.614. The Morgan fingerprint density at radius 3 is 2.72 bits per heavy atom. The van der Waals surface area contributed by atoms with Crippen molar-refractivity contribution in [2.24, 2.45) is 0 Å². The zero-order valence-electron chi connectivity index (χ0n) is 11.1. The molecule has 0 aliphatic rings. The van der Waals surface area contributed by atoms with Crippen molar-refractivity contribution in [1.29, 1.82) is 0 Å². The van der Waals surface area contributed by atoms with Gasteiger partial charge in [0.2, 0.25) is 5.09 Å². The minimum absolute atomic E-state index is 0.0486. The molecule has 0 spiro atoms. The van der Waals surface area contributed by atoms with Crippen LogP contribution in [0.1, 0.15) is 12.7 Å². The molecule has 0 amide bonds. The number of nitrogens with one attached hydrogen (secondary N) is 2. The van der Waals surface area contributed by atoms with Gasteiger partial charge >= 0.3 is 0 Å². The van der Waals surface area contributed by atoms with Crippen molar-refractivity contribution in [2.75, 3.05) is 33.7 Å². The van der Waals surface area contributed by atoms with Crippen LogP contribution in [0.3, 0.4) is 0 Å². The highest BCUT2D eigenvalue weighted by molar-refractivity contribution is 7.89. The summed E-state index contributed by atoms with van der Waals surface area (Å²) in [4.78, 5) is 2.19. The van der Waals surface area contributed by atoms with Crippen LogP contribution in [0.4, 0.5) is 0 Å². The Morgan fingerprint density at radius 1 is 1.39 bits per heavy atom. The Morgan fingerprint density at radius 2 is 2.11 bits per heavy atom. The van der Waals surface area contributed by atoms with Gasteiger partial charge in [-0.15, -0.1) is 0 Å². The van der Waals surface area contributed by atoms with Gasteiger partial charge in [-0.3, -0.25) is 0 Å². The van der Waals surface area contributed by atoms with E-state index in [0.29, 0.717) is 12.3 Å². The van der Waals surface area contributed by atoms with Gasteiger partial charge in [0.25, 0.3) is 10.0 Å². The van der Waals surface area contributed by atoms with E-state index in [1.807, 2.05) is 7.05 Å². The third kappa shape index (κ3) is 4.41. The van der Waals surface area contributed by atoms with Crippen LogP contribution in [0.2, 0.25) is 0 Å². The van der Waals surface area contributed by atoms with E-state index in [2.05, 4.69) is 21.9 Å². The summed E-state index contributed by atoms with van der Waals surface area (Å²) >= 11 is 0. The van der Waals surface area contributed by atoms with Crippen LogP contribution in [-0.4, -0.2) is 47.0 Å². The van der Waals surface area contributed by atoms with Crippen molar-refractivity contribution in [3.8, 4) is 0 Å². The van der Waals surface area contributed by atoms with Crippen molar-refractivity contribution in [3.63, 3.8) is 0 Å². The number of furan rings is 1. The molecule has 7 heteroatoms. The van der Waals surface area contributed by atoms with Crippen molar-refractivity contribution in [2.45, 2.75) is 18.6 Å². The van der Waals surface area contributed by atoms with Crippen LogP contribution in [-0.2, 0) is 16.6 Å². The van der Waals surface area contributed by atoms with Gasteiger partial charge in [0.1, 0.15) is 5.76 Å². The van der Waals surface area contributed by atoms with Gasteiger partial charge in [-0.1, -0.05) is 6.92 Å². The molecule has 1 rings (SSSR count). The number of likely N-dealkylation sites (N-methyl/N-ethyl adjacent to an activating group) is 1. The summed E-state index contributed by atoms with van der Waals surface area (Å²) in [5.41, 5.74) is 0. The molecule has 0 atom stereocenters. The molecule has 0 saturated heterocycles. The second-order valence-corrected chi connectivity index (χ2v) is 5.82. The number of nitrogens with zero attached hydrogens (tertiary/aromatic N) is 1. The van der Waals surface area contributed by atoms with E-state index in [4.69, 9.17) is 4.42 Å². The van der Waals surface area contributed by atoms with Gasteiger partial charge in [-0.2, -0.15) is 0 Å². The molecule has 6 nitrogen and oxygen atoms in total. The predicted molar refractivity (Wildman–Crippen MR) is 69.8 cm³/mol. The molecule has 1 aromatic heterocycles. The molecule has 104 valence electrons. The Labute approximate surface area is 108 Å². The van der Waals surface area contributed by atoms with E-state index >= 15 is 0 Å². The first kappa shape index (κ1) is 15.2. The van der Waals surface area contributed by atoms with Crippen LogP contribution in [0.5, 0.6) is 0 Å². The lowest BCUT2D eigenvalue weighted by molar-refractivity contribution is 0.341. The fourth-order valence-corrected chi connectivity index (χ4v) is 2.00. The van der Waals surface area contributed by atoms with Crippen LogP contribution in [0.25, 0.3) is 0 Å². The minimum Gasteiger partial charge on any atom is -0.447 e. The second-order valence-electron chi connectivity index (χ2n) is 4.00. The van der Waals surface area contributed by atoms with Crippen molar-refractivity contribution in [3.05, 3.63) is 17.9 Å². The summed E-state index contributed by atoms with van der Waals surface area (Å²) in [5, 5.41) is 3.15. The van der Waals surface area contributed by atoms with Gasteiger partial charge in [0.05, 0.1) is 6.54 Å². The van der Waals surface area contributed by atoms with Crippen molar-refractivity contribution in [1.82, 2.24) is 14.9 Å². The first-order valence-corrected chi connectivity index (χ1v) is 7.39. The minimum atomic E-state index is -3.48. The molecule has 2 N–H and O–H groups in total. The van der Waals surface area contributed by atoms with Gasteiger partial charge in [0, 0.05) is 13.1 Å². The summed E-state index contributed by atoms with van der Waals surface area (Å²) in [6.07, 6.45) is 0. The van der Waals surface area contributed by atoms with Crippen molar-refractivity contribution >= 4 is 10.0 Å². The van der Waals surface area contributed by atoms with E-state index in [1.165, 1.54) is 13.1 Å². The maximum atomic E-state index is 11.4. The highest BCUT2D eigenvalue weighted by atomic mass is 32.2. The average Bonchev–Trinajstić information content (AvgIpc) is 2.83. The molecule has 1 aromatic rings. The molecule has 0 aliphatic carbocycles. The standard InChI is InChI=1S/C11H21N3O3S/c1-4-14(3)8-7-13-9-10-5-6-11(17-10)18(15,16)12-2/h5-6,12-13H,4,7-9H2,1-3H3. The Hall–Kier alpha value is -0.890. The van der Waals surface area contributed by atoms with E-state index < -0.39 is 10.0 Å². The van der Waals surface area contributed by atoms with Gasteiger partial charge < -0.3 is 14.6 Å². The zero-order valence-corrected chi connectivity index (χ0v) is 11.9. The molecular formula is C11H21N3O3S. The van der Waals surface area contributed by atoms with E-state index in [1.54, 1.807) is 6.07 Å². The van der Waals surface area contributed by atoms with Crippen LogP contribution in [0, 0.1) is 0 Å². The highest BCUT2D eigenvalue weighted by Gasteiger charge is 2.15. The van der Waals surface area contributed by atoms with E-state index in [9.17, 15) is 8.42 Å². The monoisotopic (exact) mass is 275 g/mol. The summed E-state index contributed by atoms with van der Waals surface area (Å²) in [6, 6.07) is 3.13. The lowest BCUT2D eigenvalue weighted by atomic mass is 10.4. The largest absolute Gasteiger partial charge is 0.447 e. The smallest absolute Gasteiger partial charge is 0.273 e. The fourth-order valence-electron chi connectivity index (χ4n) is 1.34. The lowest BCUT2D eigenvalue weighted by Crippen LogP contribution is -2.28. The van der Waals surface area contributed by atoms with Crippen LogP contribution < -0.4 is 10.0 Å². The second kappa shape index (κ2) is 6.89. The molecule has 0 unspecified atom stereocenters. The number of hydrogen-bond donors (Lipinski definition) is 2. The number of rotatable bonds is 8. The molecule has 0 saturated carbocycles. The summed E-state index contributed by atoms with van der Waals surface area (Å²) < 4.78 is 30.3. The molecule has 1 heterocycles. The molecule has 0 bridgehead atoms. The quantitative estimate of drug-likeness (QED) is 0.664. The van der Waals surface area contributed by atoms with Crippen LogP contribution in [0.15, 0.2) is 21.6 Å². The molecule has 0 aliphatic heterocycles. The molecule has 0 radical (unpaired) electrons.